The van der Waals surface area contributed by atoms with Gasteiger partial charge in [0.25, 0.3) is 0 Å². The van der Waals surface area contributed by atoms with Gasteiger partial charge in [-0.05, 0) is 6.20 Å². The molecular formula is C7H16N2Si. The molecule has 1 rings (SSSR count). The fourth-order valence-corrected chi connectivity index (χ4v) is 2.10. The maximum atomic E-state index is 3.32. The standard InChI is InChI=1S/C7H16N2Si/c1-10(2,3)9-6-4-5-8-7-9/h4,6,8H,5,7H2,1-3H3. The Bertz CT molecular complexity index is 137. The highest BCUT2D eigenvalue weighted by Gasteiger charge is 2.21. The van der Waals surface area contributed by atoms with Crippen molar-refractivity contribution >= 4 is 8.24 Å². The van der Waals surface area contributed by atoms with Crippen molar-refractivity contribution in [1.82, 2.24) is 9.88 Å². The lowest BCUT2D eigenvalue weighted by Crippen LogP contribution is -2.48. The largest absolute Gasteiger partial charge is 0.392 e. The number of rotatable bonds is 1. The van der Waals surface area contributed by atoms with Crippen LogP contribution < -0.4 is 5.32 Å². The van der Waals surface area contributed by atoms with E-state index in [0.717, 1.165) is 13.2 Å². The summed E-state index contributed by atoms with van der Waals surface area (Å²) in [6, 6.07) is 0. The Labute approximate surface area is 64.0 Å². The van der Waals surface area contributed by atoms with E-state index < -0.39 is 8.24 Å². The monoisotopic (exact) mass is 156 g/mol. The molecule has 58 valence electrons. The smallest absolute Gasteiger partial charge is 0.148 e. The molecule has 3 heteroatoms. The minimum Gasteiger partial charge on any atom is -0.392 e. The fraction of sp³-hybridized carbons (Fsp3) is 0.714. The van der Waals surface area contributed by atoms with Crippen molar-refractivity contribution in [3.63, 3.8) is 0 Å². The van der Waals surface area contributed by atoms with Crippen LogP contribution in [0.1, 0.15) is 0 Å². The van der Waals surface area contributed by atoms with Gasteiger partial charge in [0.2, 0.25) is 0 Å². The van der Waals surface area contributed by atoms with Crippen LogP contribution >= 0.6 is 0 Å². The van der Waals surface area contributed by atoms with Gasteiger partial charge in [-0.1, -0.05) is 25.7 Å². The van der Waals surface area contributed by atoms with Crippen LogP contribution in [0.15, 0.2) is 12.3 Å². The molecule has 0 unspecified atom stereocenters. The molecular weight excluding hydrogens is 140 g/mol. The van der Waals surface area contributed by atoms with Gasteiger partial charge in [-0.25, -0.2) is 0 Å². The van der Waals surface area contributed by atoms with E-state index >= 15 is 0 Å². The minimum atomic E-state index is -1.07. The second-order valence-electron chi connectivity index (χ2n) is 3.64. The van der Waals surface area contributed by atoms with E-state index in [-0.39, 0.29) is 0 Å². The highest BCUT2D eigenvalue weighted by atomic mass is 28.3. The summed E-state index contributed by atoms with van der Waals surface area (Å²) in [4.78, 5) is 0. The quantitative estimate of drug-likeness (QED) is 0.574. The summed E-state index contributed by atoms with van der Waals surface area (Å²) in [6.07, 6.45) is 4.41. The third-order valence-electron chi connectivity index (χ3n) is 1.69. The second kappa shape index (κ2) is 2.76. The van der Waals surface area contributed by atoms with Crippen LogP contribution in [0.2, 0.25) is 19.6 Å². The lowest BCUT2D eigenvalue weighted by Gasteiger charge is -2.35. The molecule has 0 spiro atoms. The molecule has 10 heavy (non-hydrogen) atoms. The van der Waals surface area contributed by atoms with Crippen LogP contribution in [-0.2, 0) is 0 Å². The zero-order valence-corrected chi connectivity index (χ0v) is 8.02. The normalized spacial score (nSPS) is 19.7. The maximum absolute atomic E-state index is 3.32. The molecule has 0 aromatic carbocycles. The number of nitrogens with zero attached hydrogens (tertiary/aromatic N) is 1. The van der Waals surface area contributed by atoms with Crippen molar-refractivity contribution in [3.8, 4) is 0 Å². The highest BCUT2D eigenvalue weighted by molar-refractivity contribution is 6.73. The van der Waals surface area contributed by atoms with Crippen molar-refractivity contribution in [2.24, 2.45) is 0 Å². The summed E-state index contributed by atoms with van der Waals surface area (Å²) >= 11 is 0. The second-order valence-corrected chi connectivity index (χ2v) is 8.55. The van der Waals surface area contributed by atoms with Crippen LogP contribution in [-0.4, -0.2) is 26.0 Å². The third kappa shape index (κ3) is 1.85. The molecule has 1 aliphatic heterocycles. The van der Waals surface area contributed by atoms with E-state index in [1.54, 1.807) is 0 Å². The molecule has 0 aliphatic carbocycles. The van der Waals surface area contributed by atoms with Gasteiger partial charge >= 0.3 is 0 Å². The van der Waals surface area contributed by atoms with E-state index in [0.29, 0.717) is 0 Å². The van der Waals surface area contributed by atoms with Gasteiger partial charge in [0, 0.05) is 6.54 Å². The van der Waals surface area contributed by atoms with E-state index in [9.17, 15) is 0 Å². The number of nitrogens with one attached hydrogen (secondary N) is 1. The summed E-state index contributed by atoms with van der Waals surface area (Å²) < 4.78 is 2.43. The SMILES string of the molecule is C[Si](C)(C)N1C=CCNC1. The van der Waals surface area contributed by atoms with Gasteiger partial charge in [0.15, 0.2) is 0 Å². The highest BCUT2D eigenvalue weighted by Crippen LogP contribution is 2.09. The molecule has 0 saturated carbocycles. The third-order valence-corrected chi connectivity index (χ3v) is 3.72. The molecule has 0 aromatic heterocycles. The molecule has 1 N–H and O–H groups in total. The van der Waals surface area contributed by atoms with Crippen molar-refractivity contribution < 1.29 is 0 Å². The van der Waals surface area contributed by atoms with Crippen LogP contribution in [0.3, 0.4) is 0 Å². The minimum absolute atomic E-state index is 1.03. The first-order valence-corrected chi connectivity index (χ1v) is 7.19. The Morgan fingerprint density at radius 3 is 2.40 bits per heavy atom. The first-order chi connectivity index (χ1) is 4.61. The summed E-state index contributed by atoms with van der Waals surface area (Å²) in [5.74, 6) is 0. The molecule has 1 heterocycles. The Morgan fingerprint density at radius 2 is 2.10 bits per heavy atom. The molecule has 0 aromatic rings. The van der Waals surface area contributed by atoms with E-state index in [1.165, 1.54) is 0 Å². The predicted octanol–water partition coefficient (Wildman–Crippen LogP) is 1.20. The average Bonchev–Trinajstić information content (AvgIpc) is 1.88. The summed E-state index contributed by atoms with van der Waals surface area (Å²) in [6.45, 7) is 9.12. The Balaban J connectivity index is 2.55. The van der Waals surface area contributed by atoms with Crippen molar-refractivity contribution in [3.05, 3.63) is 12.3 Å². The first-order valence-electron chi connectivity index (χ1n) is 3.75. The zero-order valence-electron chi connectivity index (χ0n) is 7.02. The van der Waals surface area contributed by atoms with Gasteiger partial charge in [0.1, 0.15) is 8.24 Å². The lowest BCUT2D eigenvalue weighted by molar-refractivity contribution is 0.479. The molecule has 0 atom stereocenters. The van der Waals surface area contributed by atoms with Crippen LogP contribution in [0, 0.1) is 0 Å². The molecule has 0 fully saturated rings. The Hall–Kier alpha value is -0.283. The van der Waals surface area contributed by atoms with E-state index in [4.69, 9.17) is 0 Å². The van der Waals surface area contributed by atoms with E-state index in [1.807, 2.05) is 0 Å². The Kier molecular flexibility index (Phi) is 2.16. The van der Waals surface area contributed by atoms with Crippen molar-refractivity contribution in [2.45, 2.75) is 19.6 Å². The molecule has 0 amide bonds. The van der Waals surface area contributed by atoms with Gasteiger partial charge in [-0.3, -0.25) is 5.32 Å². The maximum Gasteiger partial charge on any atom is 0.148 e. The van der Waals surface area contributed by atoms with Crippen molar-refractivity contribution in [2.75, 3.05) is 13.2 Å². The average molecular weight is 156 g/mol. The van der Waals surface area contributed by atoms with Gasteiger partial charge in [-0.2, -0.15) is 0 Å². The van der Waals surface area contributed by atoms with Gasteiger partial charge < -0.3 is 4.57 Å². The zero-order chi connectivity index (χ0) is 7.61. The Morgan fingerprint density at radius 1 is 1.40 bits per heavy atom. The van der Waals surface area contributed by atoms with E-state index in [2.05, 4.69) is 41.8 Å². The summed E-state index contributed by atoms with van der Waals surface area (Å²) in [5, 5.41) is 3.32. The predicted molar refractivity (Wildman–Crippen MR) is 47.2 cm³/mol. The van der Waals surface area contributed by atoms with Crippen LogP contribution in [0.5, 0.6) is 0 Å². The molecule has 0 bridgehead atoms. The topological polar surface area (TPSA) is 15.3 Å². The molecule has 2 nitrogen and oxygen atoms in total. The van der Waals surface area contributed by atoms with Crippen LogP contribution in [0.4, 0.5) is 0 Å². The van der Waals surface area contributed by atoms with Gasteiger partial charge in [-0.15, -0.1) is 0 Å². The fourth-order valence-electron chi connectivity index (χ4n) is 0.962. The number of hydrogen-bond donors (Lipinski definition) is 1. The molecule has 0 saturated heterocycles. The number of hydrogen-bond acceptors (Lipinski definition) is 2. The molecule has 0 radical (unpaired) electrons. The summed E-state index contributed by atoms with van der Waals surface area (Å²) in [7, 11) is -1.07. The summed E-state index contributed by atoms with van der Waals surface area (Å²) in [5.41, 5.74) is 0. The first kappa shape index (κ1) is 7.82. The van der Waals surface area contributed by atoms with Crippen molar-refractivity contribution in [1.29, 1.82) is 0 Å². The lowest BCUT2D eigenvalue weighted by atomic mass is 10.5. The van der Waals surface area contributed by atoms with Gasteiger partial charge in [0.05, 0.1) is 6.67 Å². The van der Waals surface area contributed by atoms with Crippen LogP contribution in [0.25, 0.3) is 0 Å². The molecule has 1 aliphatic rings.